The summed E-state index contributed by atoms with van der Waals surface area (Å²) in [6, 6.07) is 8.33. The largest absolute Gasteiger partial charge is 0.497 e. The highest BCUT2D eigenvalue weighted by Gasteiger charge is 2.23. The average Bonchev–Trinajstić information content (AvgIpc) is 3.39. The molecule has 8 nitrogen and oxygen atoms in total. The molecule has 1 aliphatic rings. The van der Waals surface area contributed by atoms with Crippen molar-refractivity contribution in [3.05, 3.63) is 41.3 Å². The predicted octanol–water partition coefficient (Wildman–Crippen LogP) is 2.81. The van der Waals surface area contributed by atoms with Gasteiger partial charge < -0.3 is 24.6 Å². The van der Waals surface area contributed by atoms with Gasteiger partial charge in [-0.2, -0.15) is 0 Å². The van der Waals surface area contributed by atoms with E-state index in [0.717, 1.165) is 61.4 Å². The van der Waals surface area contributed by atoms with Crippen LogP contribution >= 0.6 is 24.0 Å². The molecule has 2 N–H and O–H groups in total. The van der Waals surface area contributed by atoms with Crippen LogP contribution < -0.4 is 20.1 Å². The minimum atomic E-state index is 0. The van der Waals surface area contributed by atoms with Gasteiger partial charge in [0.05, 0.1) is 26.5 Å². The van der Waals surface area contributed by atoms with Crippen molar-refractivity contribution in [2.24, 2.45) is 4.99 Å². The number of aliphatic imine (C=N–C) groups is 1. The SMILES string of the molecule is CCc1cc(CNC(=NC)NC2CCN(Cc3cc(OC)cc(OC)c3)C2)on1.I. The van der Waals surface area contributed by atoms with E-state index in [-0.39, 0.29) is 24.0 Å². The molecule has 0 saturated carbocycles. The maximum atomic E-state index is 5.38. The number of hydrogen-bond acceptors (Lipinski definition) is 6. The number of aryl methyl sites for hydroxylation is 1. The standard InChI is InChI=1S/C21H31N5O3.HI/c1-5-16-10-20(29-25-16)12-23-21(22-2)24-17-6-7-26(14-17)13-15-8-18(27-3)11-19(9-15)28-4;/h8-11,17H,5-7,12-14H2,1-4H3,(H2,22,23,24);1H. The Morgan fingerprint density at radius 1 is 1.23 bits per heavy atom. The van der Waals surface area contributed by atoms with E-state index in [0.29, 0.717) is 12.6 Å². The van der Waals surface area contributed by atoms with E-state index < -0.39 is 0 Å². The monoisotopic (exact) mass is 529 g/mol. The zero-order chi connectivity index (χ0) is 20.6. The Hall–Kier alpha value is -2.01. The van der Waals surface area contributed by atoms with Gasteiger partial charge in [0, 0.05) is 44.9 Å². The summed E-state index contributed by atoms with van der Waals surface area (Å²) in [5.41, 5.74) is 2.15. The van der Waals surface area contributed by atoms with E-state index >= 15 is 0 Å². The number of likely N-dealkylation sites (tertiary alicyclic amines) is 1. The Bertz CT molecular complexity index is 804. The third kappa shape index (κ3) is 6.76. The highest BCUT2D eigenvalue weighted by molar-refractivity contribution is 14.0. The van der Waals surface area contributed by atoms with Crippen LogP contribution in [0.1, 0.15) is 30.4 Å². The Labute approximate surface area is 195 Å². The molecule has 0 aliphatic carbocycles. The quantitative estimate of drug-likeness (QED) is 0.309. The second kappa shape index (κ2) is 12.0. The minimum absolute atomic E-state index is 0. The Morgan fingerprint density at radius 3 is 2.57 bits per heavy atom. The molecule has 1 aliphatic heterocycles. The molecule has 166 valence electrons. The molecule has 9 heteroatoms. The molecule has 30 heavy (non-hydrogen) atoms. The number of nitrogens with one attached hydrogen (secondary N) is 2. The Kier molecular flexibility index (Phi) is 9.70. The molecule has 1 aromatic heterocycles. The van der Waals surface area contributed by atoms with Crippen molar-refractivity contribution >= 4 is 29.9 Å². The highest BCUT2D eigenvalue weighted by Crippen LogP contribution is 2.24. The molecule has 0 amide bonds. The van der Waals surface area contributed by atoms with E-state index in [1.54, 1.807) is 21.3 Å². The smallest absolute Gasteiger partial charge is 0.191 e. The van der Waals surface area contributed by atoms with E-state index in [2.05, 4.69) is 44.7 Å². The van der Waals surface area contributed by atoms with Gasteiger partial charge in [-0.05, 0) is 30.5 Å². The van der Waals surface area contributed by atoms with Gasteiger partial charge in [0.2, 0.25) is 0 Å². The fourth-order valence-electron chi connectivity index (χ4n) is 3.47. The van der Waals surface area contributed by atoms with E-state index in [1.165, 1.54) is 5.56 Å². The van der Waals surface area contributed by atoms with Crippen LogP contribution in [0, 0.1) is 0 Å². The normalized spacial score (nSPS) is 16.8. The lowest BCUT2D eigenvalue weighted by Crippen LogP contribution is -2.44. The van der Waals surface area contributed by atoms with Crippen LogP contribution in [-0.2, 0) is 19.5 Å². The molecule has 1 unspecified atom stereocenters. The van der Waals surface area contributed by atoms with Crippen LogP contribution in [0.2, 0.25) is 0 Å². The van der Waals surface area contributed by atoms with E-state index in [9.17, 15) is 0 Å². The number of hydrogen-bond donors (Lipinski definition) is 2. The first-order valence-electron chi connectivity index (χ1n) is 9.99. The van der Waals surface area contributed by atoms with Crippen LogP contribution in [-0.4, -0.2) is 56.4 Å². The van der Waals surface area contributed by atoms with Crippen LogP contribution in [0.4, 0.5) is 0 Å². The van der Waals surface area contributed by atoms with Gasteiger partial charge in [-0.1, -0.05) is 12.1 Å². The molecule has 0 radical (unpaired) electrons. The molecular weight excluding hydrogens is 497 g/mol. The van der Waals surface area contributed by atoms with Gasteiger partial charge in [-0.25, -0.2) is 0 Å². The second-order valence-corrected chi connectivity index (χ2v) is 7.15. The van der Waals surface area contributed by atoms with Gasteiger partial charge in [-0.15, -0.1) is 24.0 Å². The van der Waals surface area contributed by atoms with Crippen LogP contribution in [0.3, 0.4) is 0 Å². The van der Waals surface area contributed by atoms with E-state index in [1.807, 2.05) is 12.1 Å². The lowest BCUT2D eigenvalue weighted by Gasteiger charge is -2.19. The molecule has 1 aromatic carbocycles. The number of ether oxygens (including phenoxy) is 2. The number of halogens is 1. The van der Waals surface area contributed by atoms with Gasteiger partial charge in [0.15, 0.2) is 11.7 Å². The van der Waals surface area contributed by atoms with Crippen LogP contribution in [0.15, 0.2) is 33.8 Å². The molecule has 1 saturated heterocycles. The third-order valence-electron chi connectivity index (χ3n) is 5.05. The summed E-state index contributed by atoms with van der Waals surface area (Å²) in [4.78, 5) is 6.75. The van der Waals surface area contributed by atoms with Crippen molar-refractivity contribution in [1.82, 2.24) is 20.7 Å². The fraction of sp³-hybridized carbons (Fsp3) is 0.524. The highest BCUT2D eigenvalue weighted by atomic mass is 127. The van der Waals surface area contributed by atoms with Gasteiger partial charge >= 0.3 is 0 Å². The Balaban J connectivity index is 0.00000320. The van der Waals surface area contributed by atoms with Gasteiger partial charge in [0.25, 0.3) is 0 Å². The number of rotatable bonds is 8. The van der Waals surface area contributed by atoms with Crippen LogP contribution in [0.25, 0.3) is 0 Å². The first-order chi connectivity index (χ1) is 14.1. The van der Waals surface area contributed by atoms with Crippen molar-refractivity contribution in [3.8, 4) is 11.5 Å². The summed E-state index contributed by atoms with van der Waals surface area (Å²) < 4.78 is 16.1. The molecule has 0 spiro atoms. The molecular formula is C21H32IN5O3. The molecule has 1 fully saturated rings. The topological polar surface area (TPSA) is 84.2 Å². The second-order valence-electron chi connectivity index (χ2n) is 7.15. The third-order valence-corrected chi connectivity index (χ3v) is 5.05. The van der Waals surface area contributed by atoms with E-state index in [4.69, 9.17) is 14.0 Å². The first-order valence-corrected chi connectivity index (χ1v) is 9.99. The maximum Gasteiger partial charge on any atom is 0.191 e. The summed E-state index contributed by atoms with van der Waals surface area (Å²) in [5, 5.41) is 10.8. The first kappa shape index (κ1) is 24.3. The summed E-state index contributed by atoms with van der Waals surface area (Å²) in [6.45, 7) is 5.45. The molecule has 3 rings (SSSR count). The van der Waals surface area contributed by atoms with Crippen molar-refractivity contribution in [1.29, 1.82) is 0 Å². The van der Waals surface area contributed by atoms with Crippen molar-refractivity contribution < 1.29 is 14.0 Å². The molecule has 2 aromatic rings. The number of nitrogens with zero attached hydrogens (tertiary/aromatic N) is 3. The molecule has 2 heterocycles. The molecule has 1 atom stereocenters. The number of benzene rings is 1. The summed E-state index contributed by atoms with van der Waals surface area (Å²) in [7, 11) is 5.13. The maximum absolute atomic E-state index is 5.38. The van der Waals surface area contributed by atoms with Crippen molar-refractivity contribution in [2.75, 3.05) is 34.4 Å². The van der Waals surface area contributed by atoms with Crippen molar-refractivity contribution in [3.63, 3.8) is 0 Å². The summed E-state index contributed by atoms with van der Waals surface area (Å²) >= 11 is 0. The summed E-state index contributed by atoms with van der Waals surface area (Å²) in [6.07, 6.45) is 1.93. The molecule has 0 bridgehead atoms. The van der Waals surface area contributed by atoms with Gasteiger partial charge in [-0.3, -0.25) is 9.89 Å². The average molecular weight is 529 g/mol. The zero-order valence-electron chi connectivity index (χ0n) is 18.1. The van der Waals surface area contributed by atoms with Gasteiger partial charge in [0.1, 0.15) is 11.5 Å². The number of guanidine groups is 1. The van der Waals surface area contributed by atoms with Crippen molar-refractivity contribution in [2.45, 2.75) is 38.9 Å². The number of methoxy groups -OCH3 is 2. The predicted molar refractivity (Wildman–Crippen MR) is 128 cm³/mol. The number of aromatic nitrogens is 1. The summed E-state index contributed by atoms with van der Waals surface area (Å²) in [5.74, 6) is 3.21. The lowest BCUT2D eigenvalue weighted by atomic mass is 10.2. The minimum Gasteiger partial charge on any atom is -0.497 e. The fourth-order valence-corrected chi connectivity index (χ4v) is 3.47. The Morgan fingerprint density at radius 2 is 1.97 bits per heavy atom. The zero-order valence-corrected chi connectivity index (χ0v) is 20.4. The lowest BCUT2D eigenvalue weighted by molar-refractivity contribution is 0.321. The van der Waals surface area contributed by atoms with Crippen LogP contribution in [0.5, 0.6) is 11.5 Å².